The van der Waals surface area contributed by atoms with Gasteiger partial charge in [-0.1, -0.05) is 17.7 Å². The van der Waals surface area contributed by atoms with Gasteiger partial charge in [-0.3, -0.25) is 9.59 Å². The Kier molecular flexibility index (Phi) is 7.18. The molecule has 2 fully saturated rings. The highest BCUT2D eigenvalue weighted by atomic mass is 32.2. The molecule has 0 aliphatic carbocycles. The average molecular weight is 489 g/mol. The van der Waals surface area contributed by atoms with Gasteiger partial charge in [-0.25, -0.2) is 12.8 Å². The number of amides is 2. The predicted molar refractivity (Wildman–Crippen MR) is 129 cm³/mol. The van der Waals surface area contributed by atoms with E-state index >= 15 is 0 Å². The van der Waals surface area contributed by atoms with Gasteiger partial charge < -0.3 is 15.1 Å². The van der Waals surface area contributed by atoms with Gasteiger partial charge in [0, 0.05) is 57.1 Å². The summed E-state index contributed by atoms with van der Waals surface area (Å²) >= 11 is 0. The van der Waals surface area contributed by atoms with E-state index in [0.29, 0.717) is 26.2 Å². The maximum absolute atomic E-state index is 13.1. The van der Waals surface area contributed by atoms with Crippen LogP contribution in [0.5, 0.6) is 0 Å². The zero-order chi connectivity index (χ0) is 24.3. The molecule has 2 heterocycles. The molecule has 1 atom stereocenters. The fourth-order valence-electron chi connectivity index (χ4n) is 4.31. The molecule has 4 rings (SSSR count). The van der Waals surface area contributed by atoms with Gasteiger partial charge >= 0.3 is 0 Å². The van der Waals surface area contributed by atoms with E-state index in [1.54, 1.807) is 17.0 Å². The lowest BCUT2D eigenvalue weighted by molar-refractivity contribution is -0.126. The number of carbonyl (C=O) groups excluding carboxylic acids is 2. The fourth-order valence-corrected chi connectivity index (χ4v) is 5.65. The van der Waals surface area contributed by atoms with Gasteiger partial charge in [0.15, 0.2) is 0 Å². The molecule has 8 nitrogen and oxygen atoms in total. The number of carbonyl (C=O) groups is 2. The molecule has 0 aromatic heterocycles. The average Bonchev–Trinajstić information content (AvgIpc) is 3.22. The number of benzene rings is 2. The van der Waals surface area contributed by atoms with E-state index in [1.165, 1.54) is 16.4 Å². The van der Waals surface area contributed by atoms with Gasteiger partial charge in [0.25, 0.3) is 0 Å². The molecule has 0 spiro atoms. The van der Waals surface area contributed by atoms with Gasteiger partial charge in [-0.2, -0.15) is 4.31 Å². The van der Waals surface area contributed by atoms with E-state index in [9.17, 15) is 22.4 Å². The van der Waals surface area contributed by atoms with Crippen molar-refractivity contribution in [3.05, 3.63) is 59.9 Å². The number of piperazine rings is 1. The van der Waals surface area contributed by atoms with Crippen molar-refractivity contribution in [2.75, 3.05) is 54.8 Å². The summed E-state index contributed by atoms with van der Waals surface area (Å²) in [5.41, 5.74) is 2.70. The number of anilines is 2. The standard InChI is InChI=1S/C24H29FN4O4S/c1-18-2-6-22(7-3-18)29-17-19(16-23(29)30)24(31)26-10-15-34(32,33)28-13-11-27(12-14-28)21-8-4-20(25)5-9-21/h2-9,19H,10-17H2,1H3,(H,26,31)/t19-/m1/s1. The Morgan fingerprint density at radius 3 is 2.26 bits per heavy atom. The van der Waals surface area contributed by atoms with Crippen LogP contribution in [-0.4, -0.2) is 69.6 Å². The van der Waals surface area contributed by atoms with E-state index < -0.39 is 15.9 Å². The third kappa shape index (κ3) is 5.56. The topological polar surface area (TPSA) is 90.0 Å². The fraction of sp³-hybridized carbons (Fsp3) is 0.417. The number of halogens is 1. The van der Waals surface area contributed by atoms with Crippen LogP contribution in [0.2, 0.25) is 0 Å². The Morgan fingerprint density at radius 1 is 1.00 bits per heavy atom. The van der Waals surface area contributed by atoms with Crippen molar-refractivity contribution in [1.82, 2.24) is 9.62 Å². The molecule has 2 aliphatic rings. The van der Waals surface area contributed by atoms with Crippen molar-refractivity contribution >= 4 is 33.2 Å². The first-order chi connectivity index (χ1) is 16.2. The van der Waals surface area contributed by atoms with Crippen LogP contribution >= 0.6 is 0 Å². The smallest absolute Gasteiger partial charge is 0.227 e. The second-order valence-corrected chi connectivity index (χ2v) is 10.8. The number of hydrogen-bond donors (Lipinski definition) is 1. The van der Waals surface area contributed by atoms with E-state index in [0.717, 1.165) is 16.9 Å². The number of nitrogens with one attached hydrogen (secondary N) is 1. The largest absolute Gasteiger partial charge is 0.369 e. The Morgan fingerprint density at radius 2 is 1.62 bits per heavy atom. The second kappa shape index (κ2) is 10.1. The van der Waals surface area contributed by atoms with Crippen LogP contribution < -0.4 is 15.1 Å². The Hall–Kier alpha value is -2.98. The molecular formula is C24H29FN4O4S. The lowest BCUT2D eigenvalue weighted by Crippen LogP contribution is -2.50. The predicted octanol–water partition coefficient (Wildman–Crippen LogP) is 1.76. The van der Waals surface area contributed by atoms with Crippen LogP contribution in [0.1, 0.15) is 12.0 Å². The third-order valence-electron chi connectivity index (χ3n) is 6.32. The van der Waals surface area contributed by atoms with Crippen molar-refractivity contribution in [2.24, 2.45) is 5.92 Å². The first kappa shape index (κ1) is 24.2. The van der Waals surface area contributed by atoms with Gasteiger partial charge in [0.1, 0.15) is 5.82 Å². The summed E-state index contributed by atoms with van der Waals surface area (Å²) in [6.07, 6.45) is 0.109. The van der Waals surface area contributed by atoms with Crippen LogP contribution in [0.3, 0.4) is 0 Å². The van der Waals surface area contributed by atoms with Crippen molar-refractivity contribution < 1.29 is 22.4 Å². The van der Waals surface area contributed by atoms with Crippen LogP contribution in [0.15, 0.2) is 48.5 Å². The summed E-state index contributed by atoms with van der Waals surface area (Å²) in [5.74, 6) is -1.43. The van der Waals surface area contributed by atoms with Crippen molar-refractivity contribution in [1.29, 1.82) is 0 Å². The first-order valence-corrected chi connectivity index (χ1v) is 13.0. The molecule has 0 saturated carbocycles. The molecule has 0 radical (unpaired) electrons. The normalized spacial score (nSPS) is 19.5. The van der Waals surface area contributed by atoms with Crippen LogP contribution in [-0.2, 0) is 19.6 Å². The number of sulfonamides is 1. The van der Waals surface area contributed by atoms with E-state index in [4.69, 9.17) is 0 Å². The molecule has 2 aromatic carbocycles. The molecule has 34 heavy (non-hydrogen) atoms. The molecule has 0 bridgehead atoms. The third-order valence-corrected chi connectivity index (χ3v) is 8.20. The Labute approximate surface area is 199 Å². The summed E-state index contributed by atoms with van der Waals surface area (Å²) < 4.78 is 40.0. The molecule has 10 heteroatoms. The van der Waals surface area contributed by atoms with Gasteiger partial charge in [-0.15, -0.1) is 0 Å². The molecule has 1 N–H and O–H groups in total. The minimum absolute atomic E-state index is 0.00539. The van der Waals surface area contributed by atoms with Gasteiger partial charge in [0.05, 0.1) is 11.7 Å². The van der Waals surface area contributed by atoms with Crippen LogP contribution in [0.25, 0.3) is 0 Å². The highest BCUT2D eigenvalue weighted by molar-refractivity contribution is 7.89. The minimum atomic E-state index is -3.53. The number of hydrogen-bond acceptors (Lipinski definition) is 5. The summed E-state index contributed by atoms with van der Waals surface area (Å²) in [7, 11) is -3.53. The Balaban J connectivity index is 1.23. The van der Waals surface area contributed by atoms with Crippen molar-refractivity contribution in [2.45, 2.75) is 13.3 Å². The number of aryl methyl sites for hydroxylation is 1. The lowest BCUT2D eigenvalue weighted by Gasteiger charge is -2.35. The zero-order valence-corrected chi connectivity index (χ0v) is 19.9. The molecule has 2 saturated heterocycles. The highest BCUT2D eigenvalue weighted by Gasteiger charge is 2.35. The minimum Gasteiger partial charge on any atom is -0.369 e. The SMILES string of the molecule is Cc1ccc(N2C[C@H](C(=O)NCCS(=O)(=O)N3CCN(c4ccc(F)cc4)CC3)CC2=O)cc1. The first-order valence-electron chi connectivity index (χ1n) is 11.4. The van der Waals surface area contributed by atoms with E-state index in [1.807, 2.05) is 36.1 Å². The second-order valence-electron chi connectivity index (χ2n) is 8.71. The highest BCUT2D eigenvalue weighted by Crippen LogP contribution is 2.25. The van der Waals surface area contributed by atoms with Crippen molar-refractivity contribution in [3.8, 4) is 0 Å². The van der Waals surface area contributed by atoms with Crippen LogP contribution in [0.4, 0.5) is 15.8 Å². The van der Waals surface area contributed by atoms with Crippen molar-refractivity contribution in [3.63, 3.8) is 0 Å². The molecule has 182 valence electrons. The van der Waals surface area contributed by atoms with Crippen LogP contribution in [0, 0.1) is 18.7 Å². The summed E-state index contributed by atoms with van der Waals surface area (Å²) in [5, 5.41) is 2.69. The molecule has 0 unspecified atom stereocenters. The zero-order valence-electron chi connectivity index (χ0n) is 19.1. The van der Waals surface area contributed by atoms with E-state index in [-0.39, 0.29) is 42.9 Å². The summed E-state index contributed by atoms with van der Waals surface area (Å²) in [6, 6.07) is 13.7. The summed E-state index contributed by atoms with van der Waals surface area (Å²) in [4.78, 5) is 28.6. The summed E-state index contributed by atoms with van der Waals surface area (Å²) in [6.45, 7) is 3.92. The molecule has 2 aromatic rings. The monoisotopic (exact) mass is 488 g/mol. The maximum atomic E-state index is 13.1. The van der Waals surface area contributed by atoms with Gasteiger partial charge in [-0.05, 0) is 43.3 Å². The number of rotatable bonds is 7. The maximum Gasteiger partial charge on any atom is 0.227 e. The number of nitrogens with zero attached hydrogens (tertiary/aromatic N) is 3. The molecule has 2 aliphatic heterocycles. The Bertz CT molecular complexity index is 1130. The molecular weight excluding hydrogens is 459 g/mol. The van der Waals surface area contributed by atoms with Gasteiger partial charge in [0.2, 0.25) is 21.8 Å². The van der Waals surface area contributed by atoms with E-state index in [2.05, 4.69) is 5.32 Å². The lowest BCUT2D eigenvalue weighted by atomic mass is 10.1. The molecule has 2 amide bonds. The quantitative estimate of drug-likeness (QED) is 0.642.